The van der Waals surface area contributed by atoms with E-state index in [-0.39, 0.29) is 0 Å². The first-order chi connectivity index (χ1) is 6.72. The quantitative estimate of drug-likeness (QED) is 0.690. The summed E-state index contributed by atoms with van der Waals surface area (Å²) in [5.41, 5.74) is 6.13. The van der Waals surface area contributed by atoms with E-state index in [1.165, 1.54) is 51.4 Å². The van der Waals surface area contributed by atoms with Gasteiger partial charge >= 0.3 is 0 Å². The van der Waals surface area contributed by atoms with Crippen LogP contribution < -0.4 is 5.73 Å². The molecule has 0 heterocycles. The van der Waals surface area contributed by atoms with Gasteiger partial charge in [-0.1, -0.05) is 46.0 Å². The van der Waals surface area contributed by atoms with Gasteiger partial charge in [-0.05, 0) is 31.1 Å². The van der Waals surface area contributed by atoms with E-state index in [1.807, 2.05) is 0 Å². The van der Waals surface area contributed by atoms with E-state index in [9.17, 15) is 0 Å². The Labute approximate surface area is 89.5 Å². The summed E-state index contributed by atoms with van der Waals surface area (Å²) in [6.45, 7) is 4.57. The monoisotopic (exact) mass is 197 g/mol. The van der Waals surface area contributed by atoms with Crippen LogP contribution in [0.1, 0.15) is 65.2 Å². The molecule has 0 radical (unpaired) electrons. The zero-order chi connectivity index (χ0) is 10.4. The Morgan fingerprint density at radius 1 is 1.29 bits per heavy atom. The van der Waals surface area contributed by atoms with Gasteiger partial charge < -0.3 is 5.73 Å². The van der Waals surface area contributed by atoms with Crippen LogP contribution in [0, 0.1) is 11.8 Å². The summed E-state index contributed by atoms with van der Waals surface area (Å²) >= 11 is 0. The van der Waals surface area contributed by atoms with Crippen LogP contribution >= 0.6 is 0 Å². The molecule has 1 rings (SSSR count). The molecular formula is C13H27N. The third-order valence-corrected chi connectivity index (χ3v) is 3.82. The number of hydrogen-bond donors (Lipinski definition) is 1. The molecule has 1 saturated carbocycles. The van der Waals surface area contributed by atoms with Gasteiger partial charge in [0, 0.05) is 6.04 Å². The van der Waals surface area contributed by atoms with E-state index in [1.54, 1.807) is 0 Å². The van der Waals surface area contributed by atoms with E-state index < -0.39 is 0 Å². The van der Waals surface area contributed by atoms with Crippen molar-refractivity contribution in [3.63, 3.8) is 0 Å². The van der Waals surface area contributed by atoms with E-state index in [0.29, 0.717) is 6.04 Å². The molecule has 1 aliphatic rings. The molecule has 0 aliphatic heterocycles. The van der Waals surface area contributed by atoms with Crippen LogP contribution in [0.2, 0.25) is 0 Å². The highest BCUT2D eigenvalue weighted by Crippen LogP contribution is 2.29. The molecule has 2 unspecified atom stereocenters. The Kier molecular flexibility index (Phi) is 5.54. The summed E-state index contributed by atoms with van der Waals surface area (Å²) in [5, 5.41) is 0. The Balaban J connectivity index is 2.04. The van der Waals surface area contributed by atoms with Crippen molar-refractivity contribution in [2.24, 2.45) is 17.6 Å². The van der Waals surface area contributed by atoms with Crippen molar-refractivity contribution in [3.05, 3.63) is 0 Å². The van der Waals surface area contributed by atoms with E-state index in [0.717, 1.165) is 11.8 Å². The molecule has 0 aromatic rings. The second-order valence-corrected chi connectivity index (χ2v) is 5.24. The van der Waals surface area contributed by atoms with Crippen molar-refractivity contribution in [2.75, 3.05) is 0 Å². The Morgan fingerprint density at radius 3 is 2.50 bits per heavy atom. The minimum Gasteiger partial charge on any atom is -0.328 e. The Bertz CT molecular complexity index is 138. The maximum absolute atomic E-state index is 6.13. The number of nitrogens with two attached hydrogens (primary N) is 1. The lowest BCUT2D eigenvalue weighted by Crippen LogP contribution is -2.23. The molecule has 0 saturated heterocycles. The summed E-state index contributed by atoms with van der Waals surface area (Å²) in [4.78, 5) is 0. The van der Waals surface area contributed by atoms with E-state index in [4.69, 9.17) is 5.73 Å². The number of rotatable bonds is 6. The van der Waals surface area contributed by atoms with Crippen molar-refractivity contribution >= 4 is 0 Å². The lowest BCUT2D eigenvalue weighted by atomic mass is 9.93. The summed E-state index contributed by atoms with van der Waals surface area (Å²) < 4.78 is 0. The first-order valence-electron chi connectivity index (χ1n) is 6.48. The third-order valence-electron chi connectivity index (χ3n) is 3.82. The van der Waals surface area contributed by atoms with E-state index >= 15 is 0 Å². The predicted octanol–water partition coefficient (Wildman–Crippen LogP) is 3.72. The van der Waals surface area contributed by atoms with Crippen molar-refractivity contribution in [2.45, 2.75) is 71.3 Å². The first kappa shape index (κ1) is 12.0. The summed E-state index contributed by atoms with van der Waals surface area (Å²) in [5.74, 6) is 1.83. The second kappa shape index (κ2) is 6.44. The zero-order valence-corrected chi connectivity index (χ0v) is 9.97. The number of hydrogen-bond acceptors (Lipinski definition) is 1. The molecule has 0 aromatic heterocycles. The smallest absolute Gasteiger partial charge is 0.00414 e. The van der Waals surface area contributed by atoms with Gasteiger partial charge in [-0.2, -0.15) is 0 Å². The molecule has 0 amide bonds. The average Bonchev–Trinajstić information content (AvgIpc) is 2.67. The molecule has 2 N–H and O–H groups in total. The SMILES string of the molecule is CCC(C)CC(N)CCC1CCCC1. The van der Waals surface area contributed by atoms with Gasteiger partial charge in [0.25, 0.3) is 0 Å². The van der Waals surface area contributed by atoms with Crippen LogP contribution in [-0.2, 0) is 0 Å². The Hall–Kier alpha value is -0.0400. The molecular weight excluding hydrogens is 170 g/mol. The van der Waals surface area contributed by atoms with Crippen molar-refractivity contribution in [1.82, 2.24) is 0 Å². The minimum absolute atomic E-state index is 0.463. The van der Waals surface area contributed by atoms with Crippen LogP contribution in [0.4, 0.5) is 0 Å². The minimum atomic E-state index is 0.463. The molecule has 1 fully saturated rings. The predicted molar refractivity (Wildman–Crippen MR) is 63.2 cm³/mol. The molecule has 1 nitrogen and oxygen atoms in total. The topological polar surface area (TPSA) is 26.0 Å². The van der Waals surface area contributed by atoms with Crippen LogP contribution in [0.15, 0.2) is 0 Å². The van der Waals surface area contributed by atoms with Crippen LogP contribution in [-0.4, -0.2) is 6.04 Å². The Morgan fingerprint density at radius 2 is 1.93 bits per heavy atom. The van der Waals surface area contributed by atoms with Gasteiger partial charge in [-0.25, -0.2) is 0 Å². The lowest BCUT2D eigenvalue weighted by molar-refractivity contribution is 0.391. The van der Waals surface area contributed by atoms with Gasteiger partial charge in [0.05, 0.1) is 0 Å². The van der Waals surface area contributed by atoms with Crippen molar-refractivity contribution < 1.29 is 0 Å². The molecule has 2 atom stereocenters. The zero-order valence-electron chi connectivity index (χ0n) is 9.97. The molecule has 1 heteroatoms. The molecule has 14 heavy (non-hydrogen) atoms. The third kappa shape index (κ3) is 4.45. The normalized spacial score (nSPS) is 22.5. The summed E-state index contributed by atoms with van der Waals surface area (Å²) in [6, 6.07) is 0.463. The standard InChI is InChI=1S/C13H27N/c1-3-11(2)10-13(14)9-8-12-6-4-5-7-12/h11-13H,3-10,14H2,1-2H3. The molecule has 1 aliphatic carbocycles. The van der Waals surface area contributed by atoms with Gasteiger partial charge in [0.15, 0.2) is 0 Å². The van der Waals surface area contributed by atoms with Gasteiger partial charge in [-0.15, -0.1) is 0 Å². The summed E-state index contributed by atoms with van der Waals surface area (Å²) in [7, 11) is 0. The van der Waals surface area contributed by atoms with Gasteiger partial charge in [-0.3, -0.25) is 0 Å². The highest BCUT2D eigenvalue weighted by Gasteiger charge is 2.16. The highest BCUT2D eigenvalue weighted by molar-refractivity contribution is 4.71. The highest BCUT2D eigenvalue weighted by atomic mass is 14.6. The molecule has 0 spiro atoms. The fourth-order valence-electron chi connectivity index (χ4n) is 2.55. The van der Waals surface area contributed by atoms with Crippen molar-refractivity contribution in [1.29, 1.82) is 0 Å². The van der Waals surface area contributed by atoms with Gasteiger partial charge in [0.1, 0.15) is 0 Å². The summed E-state index contributed by atoms with van der Waals surface area (Å²) in [6.07, 6.45) is 11.0. The van der Waals surface area contributed by atoms with Crippen LogP contribution in [0.3, 0.4) is 0 Å². The second-order valence-electron chi connectivity index (χ2n) is 5.24. The van der Waals surface area contributed by atoms with Gasteiger partial charge in [0.2, 0.25) is 0 Å². The maximum atomic E-state index is 6.13. The van der Waals surface area contributed by atoms with Crippen molar-refractivity contribution in [3.8, 4) is 0 Å². The largest absolute Gasteiger partial charge is 0.328 e. The average molecular weight is 197 g/mol. The fraction of sp³-hybridized carbons (Fsp3) is 1.00. The molecule has 0 bridgehead atoms. The first-order valence-corrected chi connectivity index (χ1v) is 6.48. The molecule has 0 aromatic carbocycles. The fourth-order valence-corrected chi connectivity index (χ4v) is 2.55. The maximum Gasteiger partial charge on any atom is 0.00414 e. The van der Waals surface area contributed by atoms with Crippen LogP contribution in [0.5, 0.6) is 0 Å². The lowest BCUT2D eigenvalue weighted by Gasteiger charge is -2.17. The molecule has 84 valence electrons. The van der Waals surface area contributed by atoms with E-state index in [2.05, 4.69) is 13.8 Å². The van der Waals surface area contributed by atoms with Crippen LogP contribution in [0.25, 0.3) is 0 Å².